The van der Waals surface area contributed by atoms with Crippen LogP contribution in [-0.4, -0.2) is 67.6 Å². The second kappa shape index (κ2) is 7.93. The Balaban J connectivity index is 2.02. The highest BCUT2D eigenvalue weighted by Gasteiger charge is 2.35. The second-order valence-electron chi connectivity index (χ2n) is 5.23. The summed E-state index contributed by atoms with van der Waals surface area (Å²) in [5.74, 6) is -1.54. The topological polar surface area (TPSA) is 123 Å². The largest absolute Gasteiger partial charge is 0.547 e. The lowest BCUT2D eigenvalue weighted by atomic mass is 10.1. The fourth-order valence-electron chi connectivity index (χ4n) is 1.89. The van der Waals surface area contributed by atoms with Crippen molar-refractivity contribution in [3.8, 4) is 11.5 Å². The predicted octanol–water partition coefficient (Wildman–Crippen LogP) is -0.886. The lowest BCUT2D eigenvalue weighted by Crippen LogP contribution is -2.45. The van der Waals surface area contributed by atoms with Crippen molar-refractivity contribution in [2.75, 3.05) is 40.1 Å². The number of aromatic nitrogens is 1. The van der Waals surface area contributed by atoms with Gasteiger partial charge in [-0.2, -0.15) is 0 Å². The number of methoxy groups -OCH3 is 1. The molecule has 0 saturated carbocycles. The van der Waals surface area contributed by atoms with Crippen LogP contribution >= 0.6 is 0 Å². The number of aliphatic imine (C=N–C) groups is 1. The molecule has 2 heterocycles. The first-order valence-electron chi connectivity index (χ1n) is 7.30. The summed E-state index contributed by atoms with van der Waals surface area (Å²) in [5, 5.41) is 21.3. The van der Waals surface area contributed by atoms with Crippen molar-refractivity contribution in [2.24, 2.45) is 4.99 Å². The normalized spacial score (nSPS) is 19.7. The third-order valence-electron chi connectivity index (χ3n) is 3.28. The van der Waals surface area contributed by atoms with Gasteiger partial charge < -0.3 is 34.0 Å². The van der Waals surface area contributed by atoms with Crippen LogP contribution in [0.15, 0.2) is 17.3 Å². The second-order valence-corrected chi connectivity index (χ2v) is 5.23. The van der Waals surface area contributed by atoms with Gasteiger partial charge >= 0.3 is 0 Å². The van der Waals surface area contributed by atoms with Gasteiger partial charge in [0.05, 0.1) is 25.8 Å². The molecule has 1 aliphatic rings. The molecule has 0 fully saturated rings. The quantitative estimate of drug-likeness (QED) is 0.575. The zero-order valence-electron chi connectivity index (χ0n) is 13.5. The van der Waals surface area contributed by atoms with E-state index < -0.39 is 11.5 Å². The number of ether oxygens (including phenoxy) is 4. The first-order chi connectivity index (χ1) is 11.5. The third kappa shape index (κ3) is 4.12. The van der Waals surface area contributed by atoms with Crippen LogP contribution in [0.1, 0.15) is 12.6 Å². The molecule has 132 valence electrons. The van der Waals surface area contributed by atoms with Gasteiger partial charge in [-0.15, -0.1) is 0 Å². The summed E-state index contributed by atoms with van der Waals surface area (Å²) in [6.45, 7) is 2.64. The number of hydrogen-bond donors (Lipinski definition) is 1. The Bertz CT molecular complexity index is 620. The van der Waals surface area contributed by atoms with Crippen molar-refractivity contribution in [3.05, 3.63) is 18.0 Å². The Kier molecular flexibility index (Phi) is 5.93. The molecule has 0 aliphatic carbocycles. The van der Waals surface area contributed by atoms with E-state index in [2.05, 4.69) is 9.98 Å². The van der Waals surface area contributed by atoms with Crippen LogP contribution < -0.4 is 9.84 Å². The molecule has 1 aromatic heterocycles. The van der Waals surface area contributed by atoms with Crippen molar-refractivity contribution in [3.63, 3.8) is 0 Å². The van der Waals surface area contributed by atoms with E-state index in [1.165, 1.54) is 19.2 Å². The monoisotopic (exact) mass is 339 g/mol. The predicted molar refractivity (Wildman–Crippen MR) is 80.0 cm³/mol. The molecule has 1 N–H and O–H groups in total. The number of rotatable bonds is 9. The van der Waals surface area contributed by atoms with Crippen LogP contribution in [0.4, 0.5) is 0 Å². The van der Waals surface area contributed by atoms with Crippen LogP contribution in [0.2, 0.25) is 0 Å². The Morgan fingerprint density at radius 2 is 2.17 bits per heavy atom. The summed E-state index contributed by atoms with van der Waals surface area (Å²) < 4.78 is 20.8. The summed E-state index contributed by atoms with van der Waals surface area (Å²) in [6, 6.07) is 1.47. The Hall–Kier alpha value is -2.39. The Morgan fingerprint density at radius 1 is 1.42 bits per heavy atom. The highest BCUT2D eigenvalue weighted by atomic mass is 16.5. The van der Waals surface area contributed by atoms with E-state index in [1.807, 2.05) is 0 Å². The average molecular weight is 339 g/mol. The highest BCUT2D eigenvalue weighted by molar-refractivity contribution is 5.99. The van der Waals surface area contributed by atoms with E-state index in [0.717, 1.165) is 0 Å². The van der Waals surface area contributed by atoms with E-state index in [1.54, 1.807) is 7.11 Å². The summed E-state index contributed by atoms with van der Waals surface area (Å²) in [6.07, 6.45) is 1.40. The molecule has 0 unspecified atom stereocenters. The molecule has 9 heteroatoms. The molecule has 0 bridgehead atoms. The number of nitrogens with zero attached hydrogens (tertiary/aromatic N) is 2. The summed E-state index contributed by atoms with van der Waals surface area (Å²) in [4.78, 5) is 19.0. The molecule has 1 atom stereocenters. The van der Waals surface area contributed by atoms with Gasteiger partial charge in [0.2, 0.25) is 5.90 Å². The van der Waals surface area contributed by atoms with Crippen molar-refractivity contribution < 1.29 is 34.0 Å². The molecule has 1 aromatic rings. The van der Waals surface area contributed by atoms with E-state index >= 15 is 0 Å². The fraction of sp³-hybridized carbons (Fsp3) is 0.533. The Morgan fingerprint density at radius 3 is 2.83 bits per heavy atom. The van der Waals surface area contributed by atoms with Gasteiger partial charge in [-0.1, -0.05) is 0 Å². The lowest BCUT2D eigenvalue weighted by Gasteiger charge is -2.18. The van der Waals surface area contributed by atoms with Crippen molar-refractivity contribution >= 4 is 11.9 Å². The van der Waals surface area contributed by atoms with Crippen molar-refractivity contribution in [1.82, 2.24) is 4.98 Å². The molecule has 9 nitrogen and oxygen atoms in total. The van der Waals surface area contributed by atoms with Crippen LogP contribution in [-0.2, 0) is 19.0 Å². The smallest absolute Gasteiger partial charge is 0.240 e. The number of aliphatic carboxylic acids is 1. The van der Waals surface area contributed by atoms with Gasteiger partial charge in [0.25, 0.3) is 0 Å². The molecule has 0 saturated heterocycles. The van der Waals surface area contributed by atoms with Crippen LogP contribution in [0, 0.1) is 0 Å². The lowest BCUT2D eigenvalue weighted by molar-refractivity contribution is -0.312. The van der Waals surface area contributed by atoms with Crippen molar-refractivity contribution in [2.45, 2.75) is 12.5 Å². The SMILES string of the molecule is COCCOCCOc1ccnc(C2=N[C@@](C)(C(=O)[O-])CO2)c1O. The fourth-order valence-corrected chi connectivity index (χ4v) is 1.89. The maximum absolute atomic E-state index is 11.1. The first-order valence-corrected chi connectivity index (χ1v) is 7.30. The molecule has 2 rings (SSSR count). The van der Waals surface area contributed by atoms with E-state index in [0.29, 0.717) is 19.8 Å². The van der Waals surface area contributed by atoms with Crippen molar-refractivity contribution in [1.29, 1.82) is 0 Å². The molecule has 24 heavy (non-hydrogen) atoms. The number of hydrogen-bond acceptors (Lipinski definition) is 9. The van der Waals surface area contributed by atoms with Crippen LogP contribution in [0.3, 0.4) is 0 Å². The zero-order chi connectivity index (χ0) is 17.6. The minimum atomic E-state index is -1.50. The van der Waals surface area contributed by atoms with E-state index in [9.17, 15) is 15.0 Å². The van der Waals surface area contributed by atoms with Gasteiger partial charge in [-0.3, -0.25) is 0 Å². The minimum Gasteiger partial charge on any atom is -0.547 e. The first kappa shape index (κ1) is 18.0. The maximum atomic E-state index is 11.1. The minimum absolute atomic E-state index is 0.0118. The maximum Gasteiger partial charge on any atom is 0.240 e. The molecule has 0 radical (unpaired) electrons. The number of carbonyl (C=O) groups is 1. The van der Waals surface area contributed by atoms with Crippen LogP contribution in [0.5, 0.6) is 11.5 Å². The van der Waals surface area contributed by atoms with Gasteiger partial charge in [0.1, 0.15) is 18.8 Å². The van der Waals surface area contributed by atoms with Crippen LogP contribution in [0.25, 0.3) is 0 Å². The molecule has 0 amide bonds. The number of carboxylic acid groups (broad SMARTS) is 1. The highest BCUT2D eigenvalue weighted by Crippen LogP contribution is 2.31. The van der Waals surface area contributed by atoms with Gasteiger partial charge in [0, 0.05) is 19.4 Å². The van der Waals surface area contributed by atoms with Gasteiger partial charge in [-0.25, -0.2) is 9.98 Å². The summed E-state index contributed by atoms with van der Waals surface area (Å²) >= 11 is 0. The summed E-state index contributed by atoms with van der Waals surface area (Å²) in [5.41, 5.74) is -1.49. The van der Waals surface area contributed by atoms with Gasteiger partial charge in [-0.05, 0) is 6.92 Å². The Labute approximate surface area is 138 Å². The van der Waals surface area contributed by atoms with E-state index in [4.69, 9.17) is 18.9 Å². The number of aromatic hydroxyl groups is 1. The molecule has 0 aromatic carbocycles. The number of carboxylic acids is 1. The summed E-state index contributed by atoms with van der Waals surface area (Å²) in [7, 11) is 1.58. The molecular weight excluding hydrogens is 320 g/mol. The molecule has 1 aliphatic heterocycles. The average Bonchev–Trinajstić information content (AvgIpc) is 2.96. The number of pyridine rings is 1. The number of carbonyl (C=O) groups excluding carboxylic acids is 1. The zero-order valence-corrected chi connectivity index (χ0v) is 13.5. The van der Waals surface area contributed by atoms with Gasteiger partial charge in [0.15, 0.2) is 17.2 Å². The molecular formula is C15H19N2O7-. The van der Waals surface area contributed by atoms with E-state index in [-0.39, 0.29) is 36.3 Å². The standard InChI is InChI=1S/C15H20N2O7/c1-15(14(19)20)9-24-13(17-15)11-12(18)10(3-4-16-11)23-8-7-22-6-5-21-2/h3-4,18H,5-9H2,1-2H3,(H,19,20)/p-1/t15-/m1/s1. The third-order valence-corrected chi connectivity index (χ3v) is 3.28. The molecule has 0 spiro atoms.